The zero-order chi connectivity index (χ0) is 15.5. The molecular formula is C14H17ClF2N2O2. The summed E-state index contributed by atoms with van der Waals surface area (Å²) in [7, 11) is 0. The van der Waals surface area contributed by atoms with Crippen LogP contribution >= 0.6 is 11.6 Å². The third-order valence-electron chi connectivity index (χ3n) is 3.81. The van der Waals surface area contributed by atoms with Crippen molar-refractivity contribution in [2.24, 2.45) is 5.41 Å². The fourth-order valence-corrected chi connectivity index (χ4v) is 2.66. The largest absolute Gasteiger partial charge is 0.433 e. The number of hydrogen-bond donors (Lipinski definition) is 2. The van der Waals surface area contributed by atoms with Crippen LogP contribution in [0.2, 0.25) is 5.02 Å². The van der Waals surface area contributed by atoms with Crippen LogP contribution in [0.1, 0.15) is 19.8 Å². The summed E-state index contributed by atoms with van der Waals surface area (Å²) in [5.41, 5.74) is 0.0382. The Bertz CT molecular complexity index is 520. The number of anilines is 1. The second-order valence-corrected chi connectivity index (χ2v) is 5.45. The lowest BCUT2D eigenvalue weighted by molar-refractivity contribution is -0.124. The smallest absolute Gasteiger partial charge is 0.387 e. The topological polar surface area (TPSA) is 50.4 Å². The predicted molar refractivity (Wildman–Crippen MR) is 76.9 cm³/mol. The molecule has 116 valence electrons. The molecule has 21 heavy (non-hydrogen) atoms. The van der Waals surface area contributed by atoms with Crippen molar-refractivity contribution in [2.75, 3.05) is 18.4 Å². The van der Waals surface area contributed by atoms with Gasteiger partial charge in [-0.05, 0) is 37.6 Å². The lowest BCUT2D eigenvalue weighted by Crippen LogP contribution is -2.37. The Morgan fingerprint density at radius 3 is 2.86 bits per heavy atom. The first-order valence-corrected chi connectivity index (χ1v) is 7.11. The average molecular weight is 319 g/mol. The summed E-state index contributed by atoms with van der Waals surface area (Å²) in [6, 6.07) is 4.21. The number of alkyl halides is 2. The highest BCUT2D eigenvalue weighted by Gasteiger charge is 2.39. The van der Waals surface area contributed by atoms with E-state index in [9.17, 15) is 13.6 Å². The van der Waals surface area contributed by atoms with Gasteiger partial charge in [-0.15, -0.1) is 0 Å². The lowest BCUT2D eigenvalue weighted by atomic mass is 9.83. The van der Waals surface area contributed by atoms with E-state index >= 15 is 0 Å². The van der Waals surface area contributed by atoms with Gasteiger partial charge in [0.05, 0.1) is 10.4 Å². The highest BCUT2D eigenvalue weighted by Crippen LogP contribution is 2.33. The van der Waals surface area contributed by atoms with Gasteiger partial charge in [0, 0.05) is 12.2 Å². The fraction of sp³-hybridized carbons (Fsp3) is 0.500. The van der Waals surface area contributed by atoms with Gasteiger partial charge in [0.15, 0.2) is 0 Å². The van der Waals surface area contributed by atoms with E-state index in [0.29, 0.717) is 12.2 Å². The van der Waals surface area contributed by atoms with E-state index in [4.69, 9.17) is 11.6 Å². The van der Waals surface area contributed by atoms with E-state index in [1.807, 2.05) is 6.92 Å². The van der Waals surface area contributed by atoms with Gasteiger partial charge in [0.25, 0.3) is 0 Å². The van der Waals surface area contributed by atoms with Crippen LogP contribution in [0.15, 0.2) is 18.2 Å². The standard InChI is InChI=1S/C14H17ClF2N2O2/c1-2-14(5-6-18-8-14)12(20)19-9-3-4-11(10(15)7-9)21-13(16)17/h3-4,7,13,18H,2,5-6,8H2,1H3,(H,19,20). The van der Waals surface area contributed by atoms with Gasteiger partial charge in [-0.2, -0.15) is 8.78 Å². The van der Waals surface area contributed by atoms with E-state index in [0.717, 1.165) is 19.4 Å². The molecule has 0 aliphatic carbocycles. The van der Waals surface area contributed by atoms with Crippen LogP contribution in [-0.2, 0) is 4.79 Å². The number of halogens is 3. The summed E-state index contributed by atoms with van der Waals surface area (Å²) in [6.45, 7) is 0.480. The summed E-state index contributed by atoms with van der Waals surface area (Å²) in [5.74, 6) is -0.203. The zero-order valence-corrected chi connectivity index (χ0v) is 12.3. The maximum absolute atomic E-state index is 12.4. The molecule has 2 N–H and O–H groups in total. The maximum Gasteiger partial charge on any atom is 0.387 e. The first-order chi connectivity index (χ1) is 9.97. The van der Waals surface area contributed by atoms with E-state index in [2.05, 4.69) is 15.4 Å². The Morgan fingerprint density at radius 1 is 1.57 bits per heavy atom. The molecule has 1 heterocycles. The number of amides is 1. The van der Waals surface area contributed by atoms with Crippen molar-refractivity contribution >= 4 is 23.2 Å². The number of ether oxygens (including phenoxy) is 1. The molecule has 1 fully saturated rings. The number of benzene rings is 1. The molecular weight excluding hydrogens is 302 g/mol. The van der Waals surface area contributed by atoms with Gasteiger partial charge < -0.3 is 15.4 Å². The van der Waals surface area contributed by atoms with Crippen molar-refractivity contribution in [1.29, 1.82) is 0 Å². The molecule has 4 nitrogen and oxygen atoms in total. The molecule has 0 radical (unpaired) electrons. The van der Waals surface area contributed by atoms with Crippen LogP contribution < -0.4 is 15.4 Å². The van der Waals surface area contributed by atoms with Crippen LogP contribution in [0.25, 0.3) is 0 Å². The first kappa shape index (κ1) is 16.0. The van der Waals surface area contributed by atoms with Crippen molar-refractivity contribution in [1.82, 2.24) is 5.32 Å². The van der Waals surface area contributed by atoms with Crippen LogP contribution in [-0.4, -0.2) is 25.6 Å². The minimum Gasteiger partial charge on any atom is -0.433 e. The maximum atomic E-state index is 12.4. The molecule has 1 aromatic carbocycles. The Morgan fingerprint density at radius 2 is 2.33 bits per heavy atom. The average Bonchev–Trinajstić information content (AvgIpc) is 2.91. The summed E-state index contributed by atoms with van der Waals surface area (Å²) in [6.07, 6.45) is 1.50. The third kappa shape index (κ3) is 3.63. The quantitative estimate of drug-likeness (QED) is 0.876. The molecule has 0 spiro atoms. The predicted octanol–water partition coefficient (Wildman–Crippen LogP) is 3.27. The van der Waals surface area contributed by atoms with Crippen LogP contribution in [0, 0.1) is 5.41 Å². The number of nitrogens with one attached hydrogen (secondary N) is 2. The summed E-state index contributed by atoms with van der Waals surface area (Å²) >= 11 is 5.86. The molecule has 2 rings (SSSR count). The fourth-order valence-electron chi connectivity index (χ4n) is 2.43. The summed E-state index contributed by atoms with van der Waals surface area (Å²) in [5, 5.41) is 6.00. The Balaban J connectivity index is 2.09. The molecule has 0 saturated carbocycles. The first-order valence-electron chi connectivity index (χ1n) is 6.73. The van der Waals surface area contributed by atoms with Gasteiger partial charge in [-0.25, -0.2) is 0 Å². The van der Waals surface area contributed by atoms with Crippen LogP contribution in [0.3, 0.4) is 0 Å². The van der Waals surface area contributed by atoms with E-state index < -0.39 is 12.0 Å². The second kappa shape index (κ2) is 6.58. The molecule has 1 amide bonds. The van der Waals surface area contributed by atoms with Gasteiger partial charge in [0.2, 0.25) is 5.91 Å². The number of rotatable bonds is 5. The minimum atomic E-state index is -2.93. The number of hydrogen-bond acceptors (Lipinski definition) is 3. The lowest BCUT2D eigenvalue weighted by Gasteiger charge is -2.25. The van der Waals surface area contributed by atoms with Crippen molar-refractivity contribution in [3.05, 3.63) is 23.2 Å². The van der Waals surface area contributed by atoms with Gasteiger partial charge in [0.1, 0.15) is 5.75 Å². The van der Waals surface area contributed by atoms with Crippen LogP contribution in [0.4, 0.5) is 14.5 Å². The molecule has 0 bridgehead atoms. The van der Waals surface area contributed by atoms with E-state index in [-0.39, 0.29) is 16.7 Å². The number of carbonyl (C=O) groups excluding carboxylic acids is 1. The molecule has 1 unspecified atom stereocenters. The van der Waals surface area contributed by atoms with Crippen molar-refractivity contribution in [2.45, 2.75) is 26.4 Å². The summed E-state index contributed by atoms with van der Waals surface area (Å²) < 4.78 is 28.6. The number of carbonyl (C=O) groups is 1. The second-order valence-electron chi connectivity index (χ2n) is 5.04. The highest BCUT2D eigenvalue weighted by molar-refractivity contribution is 6.32. The molecule has 1 aliphatic heterocycles. The molecule has 1 aliphatic rings. The van der Waals surface area contributed by atoms with Gasteiger partial charge >= 0.3 is 6.61 Å². The third-order valence-corrected chi connectivity index (χ3v) is 4.10. The Hall–Kier alpha value is -1.40. The molecule has 7 heteroatoms. The molecule has 1 saturated heterocycles. The minimum absolute atomic E-state index is 0.0307. The molecule has 0 aromatic heterocycles. The van der Waals surface area contributed by atoms with Gasteiger partial charge in [-0.1, -0.05) is 18.5 Å². The Labute approximate surface area is 126 Å². The van der Waals surface area contributed by atoms with Crippen LogP contribution in [0.5, 0.6) is 5.75 Å². The molecule has 1 aromatic rings. The Kier molecular flexibility index (Phi) is 5.00. The van der Waals surface area contributed by atoms with Crippen molar-refractivity contribution in [3.8, 4) is 5.75 Å². The molecule has 1 atom stereocenters. The SMILES string of the molecule is CCC1(C(=O)Nc2ccc(OC(F)F)c(Cl)c2)CCNC1. The van der Waals surface area contributed by atoms with Crippen molar-refractivity contribution < 1.29 is 18.3 Å². The summed E-state index contributed by atoms with van der Waals surface area (Å²) in [4.78, 5) is 12.4. The van der Waals surface area contributed by atoms with E-state index in [1.165, 1.54) is 18.2 Å². The normalized spacial score (nSPS) is 21.6. The van der Waals surface area contributed by atoms with E-state index in [1.54, 1.807) is 0 Å². The van der Waals surface area contributed by atoms with Gasteiger partial charge in [-0.3, -0.25) is 4.79 Å². The zero-order valence-electron chi connectivity index (χ0n) is 11.6. The monoisotopic (exact) mass is 318 g/mol. The highest BCUT2D eigenvalue weighted by atomic mass is 35.5. The van der Waals surface area contributed by atoms with Crippen molar-refractivity contribution in [3.63, 3.8) is 0 Å².